The molecule has 1 heterocycles. The monoisotopic (exact) mass is 440 g/mol. The molecule has 5 nitrogen and oxygen atoms in total. The number of hydrogen-bond donors (Lipinski definition) is 2. The highest BCUT2D eigenvalue weighted by Crippen LogP contribution is 2.07. The van der Waals surface area contributed by atoms with Gasteiger partial charge in [-0.2, -0.15) is 0 Å². The molecule has 0 aromatic heterocycles. The highest BCUT2D eigenvalue weighted by atomic mass is 127. The van der Waals surface area contributed by atoms with Crippen LogP contribution in [0.4, 0.5) is 0 Å². The van der Waals surface area contributed by atoms with E-state index in [1.807, 2.05) is 7.05 Å². The standard InChI is InChI=1S/C17H36N4O.HI/c1-14(2)7-6-8-19-17(18-5)20-11-16-13-21(9-10-22-16)12-15(3)4;/h14-16H,6-13H2,1-5H3,(H2,18,19,20);1H. The third-order valence-corrected chi connectivity index (χ3v) is 3.82. The fraction of sp³-hybridized carbons (Fsp3) is 0.941. The Morgan fingerprint density at radius 2 is 1.96 bits per heavy atom. The second-order valence-electron chi connectivity index (χ2n) is 7.06. The van der Waals surface area contributed by atoms with E-state index in [9.17, 15) is 0 Å². The molecule has 0 spiro atoms. The van der Waals surface area contributed by atoms with Crippen molar-refractivity contribution in [2.75, 3.05) is 46.4 Å². The summed E-state index contributed by atoms with van der Waals surface area (Å²) in [5.41, 5.74) is 0. The number of ether oxygens (including phenoxy) is 1. The Morgan fingerprint density at radius 1 is 1.22 bits per heavy atom. The van der Waals surface area contributed by atoms with E-state index in [2.05, 4.69) is 48.2 Å². The van der Waals surface area contributed by atoms with Gasteiger partial charge in [-0.25, -0.2) is 0 Å². The van der Waals surface area contributed by atoms with Gasteiger partial charge >= 0.3 is 0 Å². The zero-order valence-electron chi connectivity index (χ0n) is 15.6. The summed E-state index contributed by atoms with van der Waals surface area (Å²) in [6, 6.07) is 0. The SMILES string of the molecule is CN=C(NCCCC(C)C)NCC1CN(CC(C)C)CCO1.I. The molecule has 0 bridgehead atoms. The summed E-state index contributed by atoms with van der Waals surface area (Å²) < 4.78 is 5.85. The molecule has 23 heavy (non-hydrogen) atoms. The Morgan fingerprint density at radius 3 is 2.57 bits per heavy atom. The second kappa shape index (κ2) is 13.2. The van der Waals surface area contributed by atoms with Crippen LogP contribution in [0.2, 0.25) is 0 Å². The molecule has 1 saturated heterocycles. The molecule has 1 unspecified atom stereocenters. The molecule has 1 rings (SSSR count). The highest BCUT2D eigenvalue weighted by Gasteiger charge is 2.20. The average molecular weight is 440 g/mol. The Hall–Kier alpha value is -0.0800. The quantitative estimate of drug-likeness (QED) is 0.264. The first-order valence-corrected chi connectivity index (χ1v) is 8.79. The zero-order valence-corrected chi connectivity index (χ0v) is 17.9. The third-order valence-electron chi connectivity index (χ3n) is 3.82. The van der Waals surface area contributed by atoms with Crippen molar-refractivity contribution in [2.24, 2.45) is 16.8 Å². The number of halogens is 1. The maximum atomic E-state index is 5.85. The maximum Gasteiger partial charge on any atom is 0.191 e. The summed E-state index contributed by atoms with van der Waals surface area (Å²) in [6.45, 7) is 14.9. The second-order valence-corrected chi connectivity index (χ2v) is 7.06. The molecule has 1 fully saturated rings. The van der Waals surface area contributed by atoms with Gasteiger partial charge in [0.1, 0.15) is 0 Å². The summed E-state index contributed by atoms with van der Waals surface area (Å²) >= 11 is 0. The smallest absolute Gasteiger partial charge is 0.191 e. The molecule has 0 aromatic carbocycles. The van der Waals surface area contributed by atoms with Crippen LogP contribution in [-0.4, -0.2) is 63.3 Å². The Kier molecular flexibility index (Phi) is 13.2. The van der Waals surface area contributed by atoms with Gasteiger partial charge in [0, 0.05) is 39.8 Å². The molecule has 1 aliphatic heterocycles. The molecule has 1 aliphatic rings. The minimum absolute atomic E-state index is 0. The largest absolute Gasteiger partial charge is 0.374 e. The van der Waals surface area contributed by atoms with Crippen molar-refractivity contribution in [1.82, 2.24) is 15.5 Å². The first-order valence-electron chi connectivity index (χ1n) is 8.79. The minimum atomic E-state index is 0. The third kappa shape index (κ3) is 11.2. The number of aliphatic imine (C=N–C) groups is 1. The number of rotatable bonds is 8. The molecule has 0 saturated carbocycles. The molecule has 0 amide bonds. The van der Waals surface area contributed by atoms with Crippen LogP contribution in [0.3, 0.4) is 0 Å². The van der Waals surface area contributed by atoms with Crippen LogP contribution in [0.15, 0.2) is 4.99 Å². The van der Waals surface area contributed by atoms with E-state index in [-0.39, 0.29) is 30.1 Å². The van der Waals surface area contributed by atoms with Crippen molar-refractivity contribution < 1.29 is 4.74 Å². The average Bonchev–Trinajstić information content (AvgIpc) is 2.46. The van der Waals surface area contributed by atoms with Gasteiger partial charge in [0.2, 0.25) is 0 Å². The van der Waals surface area contributed by atoms with Crippen LogP contribution in [-0.2, 0) is 4.74 Å². The van der Waals surface area contributed by atoms with Crippen molar-refractivity contribution in [3.8, 4) is 0 Å². The summed E-state index contributed by atoms with van der Waals surface area (Å²) in [6.07, 6.45) is 2.68. The van der Waals surface area contributed by atoms with Crippen molar-refractivity contribution in [3.63, 3.8) is 0 Å². The lowest BCUT2D eigenvalue weighted by molar-refractivity contribution is -0.0284. The summed E-state index contributed by atoms with van der Waals surface area (Å²) in [7, 11) is 1.82. The van der Waals surface area contributed by atoms with Gasteiger partial charge in [-0.05, 0) is 24.7 Å². The van der Waals surface area contributed by atoms with Crippen molar-refractivity contribution >= 4 is 29.9 Å². The lowest BCUT2D eigenvalue weighted by Crippen LogP contribution is -2.50. The molecule has 138 valence electrons. The van der Waals surface area contributed by atoms with Crippen LogP contribution >= 0.6 is 24.0 Å². The topological polar surface area (TPSA) is 48.9 Å². The first-order chi connectivity index (χ1) is 10.5. The van der Waals surface area contributed by atoms with Gasteiger partial charge in [-0.3, -0.25) is 9.89 Å². The molecule has 0 aromatic rings. The Labute approximate surface area is 160 Å². The van der Waals surface area contributed by atoms with E-state index >= 15 is 0 Å². The Balaban J connectivity index is 0.00000484. The Bertz CT molecular complexity index is 324. The van der Waals surface area contributed by atoms with Crippen molar-refractivity contribution in [2.45, 2.75) is 46.6 Å². The summed E-state index contributed by atoms with van der Waals surface area (Å²) in [5.74, 6) is 2.36. The molecular weight excluding hydrogens is 403 g/mol. The maximum absolute atomic E-state index is 5.85. The minimum Gasteiger partial charge on any atom is -0.374 e. The predicted molar refractivity (Wildman–Crippen MR) is 110 cm³/mol. The summed E-state index contributed by atoms with van der Waals surface area (Å²) in [4.78, 5) is 6.78. The molecule has 0 aliphatic carbocycles. The van der Waals surface area contributed by atoms with Gasteiger partial charge < -0.3 is 15.4 Å². The van der Waals surface area contributed by atoms with E-state index in [0.717, 1.165) is 51.2 Å². The van der Waals surface area contributed by atoms with Gasteiger partial charge in [0.15, 0.2) is 5.96 Å². The van der Waals surface area contributed by atoms with Crippen molar-refractivity contribution in [1.29, 1.82) is 0 Å². The van der Waals surface area contributed by atoms with E-state index in [4.69, 9.17) is 4.74 Å². The van der Waals surface area contributed by atoms with E-state index in [1.54, 1.807) is 0 Å². The number of guanidine groups is 1. The van der Waals surface area contributed by atoms with Crippen LogP contribution in [0.1, 0.15) is 40.5 Å². The van der Waals surface area contributed by atoms with E-state index in [1.165, 1.54) is 12.8 Å². The normalized spacial score (nSPS) is 19.8. The van der Waals surface area contributed by atoms with Crippen molar-refractivity contribution in [3.05, 3.63) is 0 Å². The van der Waals surface area contributed by atoms with E-state index < -0.39 is 0 Å². The van der Waals surface area contributed by atoms with Crippen LogP contribution in [0, 0.1) is 11.8 Å². The number of hydrogen-bond acceptors (Lipinski definition) is 3. The van der Waals surface area contributed by atoms with Gasteiger partial charge in [-0.15, -0.1) is 24.0 Å². The van der Waals surface area contributed by atoms with Gasteiger partial charge in [0.25, 0.3) is 0 Å². The summed E-state index contributed by atoms with van der Waals surface area (Å²) in [5, 5.41) is 6.77. The zero-order chi connectivity index (χ0) is 16.4. The molecule has 1 atom stereocenters. The van der Waals surface area contributed by atoms with Gasteiger partial charge in [0.05, 0.1) is 12.7 Å². The fourth-order valence-corrected chi connectivity index (χ4v) is 2.73. The van der Waals surface area contributed by atoms with Gasteiger partial charge in [-0.1, -0.05) is 27.7 Å². The lowest BCUT2D eigenvalue weighted by Gasteiger charge is -2.34. The first kappa shape index (κ1) is 22.9. The molecule has 6 heteroatoms. The predicted octanol–water partition coefficient (Wildman–Crippen LogP) is 2.56. The number of nitrogens with one attached hydrogen (secondary N) is 2. The molecule has 2 N–H and O–H groups in total. The van der Waals surface area contributed by atoms with Crippen LogP contribution in [0.5, 0.6) is 0 Å². The lowest BCUT2D eigenvalue weighted by atomic mass is 10.1. The van der Waals surface area contributed by atoms with Crippen LogP contribution < -0.4 is 10.6 Å². The fourth-order valence-electron chi connectivity index (χ4n) is 2.73. The highest BCUT2D eigenvalue weighted by molar-refractivity contribution is 14.0. The molecular formula is C17H37IN4O. The number of morpholine rings is 1. The number of nitrogens with zero attached hydrogens (tertiary/aromatic N) is 2. The van der Waals surface area contributed by atoms with E-state index in [0.29, 0.717) is 5.92 Å². The molecule has 0 radical (unpaired) electrons. The van der Waals surface area contributed by atoms with Crippen LogP contribution in [0.25, 0.3) is 0 Å².